The lowest BCUT2D eigenvalue weighted by Gasteiger charge is -2.27. The van der Waals surface area contributed by atoms with Crippen LogP contribution in [0.2, 0.25) is 0 Å². The van der Waals surface area contributed by atoms with Gasteiger partial charge in [0.25, 0.3) is 0 Å². The Kier molecular flexibility index (Phi) is 8.07. The molecule has 0 aliphatic carbocycles. The van der Waals surface area contributed by atoms with Crippen molar-refractivity contribution in [2.75, 3.05) is 46.5 Å². The third kappa shape index (κ3) is 6.31. The van der Waals surface area contributed by atoms with Crippen LogP contribution in [0.5, 0.6) is 0 Å². The Hall–Kier alpha value is -1.34. The first-order valence-corrected chi connectivity index (χ1v) is 7.50. The summed E-state index contributed by atoms with van der Waals surface area (Å²) in [7, 11) is 1.33. The van der Waals surface area contributed by atoms with Gasteiger partial charge in [0.1, 0.15) is 6.04 Å². The summed E-state index contributed by atoms with van der Waals surface area (Å²) in [5.41, 5.74) is 0. The van der Waals surface area contributed by atoms with E-state index in [0.29, 0.717) is 6.54 Å². The number of methoxy groups -OCH3 is 1. The number of carbonyl (C=O) groups excluding carboxylic acids is 2. The molecule has 1 rings (SSSR count). The lowest BCUT2D eigenvalue weighted by molar-refractivity contribution is -0.144. The fourth-order valence-corrected chi connectivity index (χ4v) is 2.14. The second-order valence-electron chi connectivity index (χ2n) is 5.24. The molecule has 1 aliphatic heterocycles. The summed E-state index contributed by atoms with van der Waals surface area (Å²) in [6, 6.07) is -0.942. The highest BCUT2D eigenvalue weighted by molar-refractivity contribution is 5.83. The fourth-order valence-electron chi connectivity index (χ4n) is 2.14. The molecule has 2 amide bonds. The molecule has 2 N–H and O–H groups in total. The van der Waals surface area contributed by atoms with Crippen LogP contribution in [0.15, 0.2) is 0 Å². The van der Waals surface area contributed by atoms with Crippen LogP contribution in [0, 0.1) is 5.92 Å². The molecule has 0 aromatic heterocycles. The Morgan fingerprint density at radius 2 is 2.00 bits per heavy atom. The maximum Gasteiger partial charge on any atom is 0.328 e. The maximum atomic E-state index is 11.9. The van der Waals surface area contributed by atoms with Crippen LogP contribution in [0.25, 0.3) is 0 Å². The Labute approximate surface area is 126 Å². The van der Waals surface area contributed by atoms with Gasteiger partial charge in [-0.15, -0.1) is 0 Å². The predicted octanol–water partition coefficient (Wildman–Crippen LogP) is 0.206. The van der Waals surface area contributed by atoms with Gasteiger partial charge in [-0.2, -0.15) is 0 Å². The lowest BCUT2D eigenvalue weighted by Crippen LogP contribution is -2.51. The molecule has 2 atom stereocenters. The molecule has 0 aromatic rings. The molecular weight excluding hydrogens is 274 g/mol. The third-order valence-electron chi connectivity index (χ3n) is 3.77. The molecule has 0 unspecified atom stereocenters. The molecule has 0 spiro atoms. The molecule has 0 aromatic carbocycles. The Balaban J connectivity index is 2.30. The van der Waals surface area contributed by atoms with Gasteiger partial charge in [0.15, 0.2) is 0 Å². The zero-order valence-corrected chi connectivity index (χ0v) is 13.2. The first-order valence-electron chi connectivity index (χ1n) is 7.50. The van der Waals surface area contributed by atoms with Crippen LogP contribution in [0.1, 0.15) is 20.3 Å². The van der Waals surface area contributed by atoms with E-state index in [4.69, 9.17) is 9.47 Å². The minimum atomic E-state index is -0.608. The predicted molar refractivity (Wildman–Crippen MR) is 79.1 cm³/mol. The van der Waals surface area contributed by atoms with Crippen LogP contribution in [-0.4, -0.2) is 69.4 Å². The van der Waals surface area contributed by atoms with Gasteiger partial charge in [-0.1, -0.05) is 20.3 Å². The normalized spacial score (nSPS) is 18.6. The molecule has 1 aliphatic rings. The van der Waals surface area contributed by atoms with Gasteiger partial charge in [0.2, 0.25) is 0 Å². The van der Waals surface area contributed by atoms with Crippen LogP contribution in [0.4, 0.5) is 4.79 Å². The molecular formula is C14H27N3O4. The second kappa shape index (κ2) is 9.57. The fraction of sp³-hybridized carbons (Fsp3) is 0.857. The molecule has 7 nitrogen and oxygen atoms in total. The molecule has 0 saturated carbocycles. The zero-order chi connectivity index (χ0) is 15.7. The highest BCUT2D eigenvalue weighted by Crippen LogP contribution is 2.08. The molecule has 7 heteroatoms. The van der Waals surface area contributed by atoms with E-state index in [1.807, 2.05) is 13.8 Å². The molecule has 1 heterocycles. The summed E-state index contributed by atoms with van der Waals surface area (Å²) in [4.78, 5) is 25.8. The van der Waals surface area contributed by atoms with Crippen molar-refractivity contribution in [3.8, 4) is 0 Å². The second-order valence-corrected chi connectivity index (χ2v) is 5.24. The van der Waals surface area contributed by atoms with Crippen LogP contribution < -0.4 is 10.6 Å². The van der Waals surface area contributed by atoms with E-state index >= 15 is 0 Å². The summed E-state index contributed by atoms with van der Waals surface area (Å²) >= 11 is 0. The minimum absolute atomic E-state index is 0.0300. The Morgan fingerprint density at radius 3 is 2.57 bits per heavy atom. The number of rotatable bonds is 7. The van der Waals surface area contributed by atoms with Crippen LogP contribution >= 0.6 is 0 Å². The van der Waals surface area contributed by atoms with E-state index in [9.17, 15) is 9.59 Å². The molecule has 122 valence electrons. The number of ether oxygens (including phenoxy) is 2. The maximum absolute atomic E-state index is 11.9. The van der Waals surface area contributed by atoms with Crippen molar-refractivity contribution < 1.29 is 19.1 Å². The average molecular weight is 301 g/mol. The van der Waals surface area contributed by atoms with Gasteiger partial charge in [0, 0.05) is 26.2 Å². The van der Waals surface area contributed by atoms with Crippen molar-refractivity contribution in [3.63, 3.8) is 0 Å². The summed E-state index contributed by atoms with van der Waals surface area (Å²) < 4.78 is 10.00. The number of morpholine rings is 1. The van der Waals surface area contributed by atoms with Gasteiger partial charge in [-0.05, 0) is 5.92 Å². The van der Waals surface area contributed by atoms with E-state index in [0.717, 1.165) is 39.3 Å². The van der Waals surface area contributed by atoms with Gasteiger partial charge in [-0.3, -0.25) is 4.90 Å². The summed E-state index contributed by atoms with van der Waals surface area (Å²) in [5, 5.41) is 5.47. The average Bonchev–Trinajstić information content (AvgIpc) is 2.52. The van der Waals surface area contributed by atoms with E-state index in [1.54, 1.807) is 0 Å². The summed E-state index contributed by atoms with van der Waals surface area (Å²) in [5.74, 6) is -0.380. The van der Waals surface area contributed by atoms with Crippen LogP contribution in [0.3, 0.4) is 0 Å². The number of hydrogen-bond donors (Lipinski definition) is 2. The standard InChI is InChI=1S/C14H27N3O4/c1-4-11(2)12(13(18)20-3)16-14(19)15-5-6-17-7-9-21-10-8-17/h11-12H,4-10H2,1-3H3,(H2,15,16,19)/t11-,12-/m0/s1. The van der Waals surface area contributed by atoms with E-state index < -0.39 is 12.0 Å². The summed E-state index contributed by atoms with van der Waals surface area (Å²) in [6.07, 6.45) is 0.786. The van der Waals surface area contributed by atoms with E-state index in [2.05, 4.69) is 15.5 Å². The van der Waals surface area contributed by atoms with Crippen molar-refractivity contribution >= 4 is 12.0 Å². The first kappa shape index (κ1) is 17.7. The Morgan fingerprint density at radius 1 is 1.33 bits per heavy atom. The molecule has 0 radical (unpaired) electrons. The Bertz CT molecular complexity index is 332. The topological polar surface area (TPSA) is 79.9 Å². The number of hydrogen-bond acceptors (Lipinski definition) is 5. The highest BCUT2D eigenvalue weighted by Gasteiger charge is 2.26. The summed E-state index contributed by atoms with van der Waals surface area (Å²) in [6.45, 7) is 8.47. The van der Waals surface area contributed by atoms with E-state index in [-0.39, 0.29) is 11.9 Å². The first-order chi connectivity index (χ1) is 10.1. The lowest BCUT2D eigenvalue weighted by atomic mass is 9.99. The minimum Gasteiger partial charge on any atom is -0.467 e. The van der Waals surface area contributed by atoms with Gasteiger partial charge in [-0.25, -0.2) is 9.59 Å². The largest absolute Gasteiger partial charge is 0.467 e. The monoisotopic (exact) mass is 301 g/mol. The van der Waals surface area contributed by atoms with Gasteiger partial charge >= 0.3 is 12.0 Å². The smallest absolute Gasteiger partial charge is 0.328 e. The number of nitrogens with zero attached hydrogens (tertiary/aromatic N) is 1. The third-order valence-corrected chi connectivity index (χ3v) is 3.77. The SMILES string of the molecule is CC[C@H](C)[C@H](NC(=O)NCCN1CCOCC1)C(=O)OC. The number of urea groups is 1. The molecule has 21 heavy (non-hydrogen) atoms. The highest BCUT2D eigenvalue weighted by atomic mass is 16.5. The number of nitrogens with one attached hydrogen (secondary N) is 2. The van der Waals surface area contributed by atoms with Crippen molar-refractivity contribution in [1.82, 2.24) is 15.5 Å². The van der Waals surface area contributed by atoms with Crippen molar-refractivity contribution in [2.45, 2.75) is 26.3 Å². The number of amides is 2. The number of carbonyl (C=O) groups is 2. The molecule has 1 saturated heterocycles. The molecule has 0 bridgehead atoms. The molecule has 1 fully saturated rings. The van der Waals surface area contributed by atoms with Gasteiger partial charge in [0.05, 0.1) is 20.3 Å². The van der Waals surface area contributed by atoms with Crippen molar-refractivity contribution in [1.29, 1.82) is 0 Å². The quantitative estimate of drug-likeness (QED) is 0.657. The van der Waals surface area contributed by atoms with Crippen molar-refractivity contribution in [3.05, 3.63) is 0 Å². The van der Waals surface area contributed by atoms with E-state index in [1.165, 1.54) is 7.11 Å². The van der Waals surface area contributed by atoms with Crippen molar-refractivity contribution in [2.24, 2.45) is 5.92 Å². The number of esters is 1. The van der Waals surface area contributed by atoms with Gasteiger partial charge < -0.3 is 20.1 Å². The zero-order valence-electron chi connectivity index (χ0n) is 13.2. The van der Waals surface area contributed by atoms with Crippen LogP contribution in [-0.2, 0) is 14.3 Å².